The highest BCUT2D eigenvalue weighted by molar-refractivity contribution is 5.88. The Morgan fingerprint density at radius 3 is 2.68 bits per heavy atom. The van der Waals surface area contributed by atoms with E-state index >= 15 is 0 Å². The van der Waals surface area contributed by atoms with Crippen molar-refractivity contribution in [3.63, 3.8) is 0 Å². The van der Waals surface area contributed by atoms with Crippen LogP contribution in [0.2, 0.25) is 0 Å². The molecule has 134 valence electrons. The largest absolute Gasteiger partial charge is 0.416 e. The molecular weight excluding hydrogens is 340 g/mol. The third-order valence-electron chi connectivity index (χ3n) is 4.19. The van der Waals surface area contributed by atoms with Crippen LogP contribution in [0.5, 0.6) is 0 Å². The Morgan fingerprint density at radius 2 is 2.08 bits per heavy atom. The number of hydrogen-bond donors (Lipinski definition) is 1. The first-order chi connectivity index (χ1) is 11.7. The number of carbonyl (C=O) groups excluding carboxylic acids is 1. The van der Waals surface area contributed by atoms with Gasteiger partial charge in [-0.05, 0) is 24.1 Å². The lowest BCUT2D eigenvalue weighted by molar-refractivity contribution is -0.137. The number of halogens is 4. The maximum atomic E-state index is 14.1. The van der Waals surface area contributed by atoms with Gasteiger partial charge in [-0.2, -0.15) is 18.3 Å². The third-order valence-corrected chi connectivity index (χ3v) is 4.19. The molecule has 3 rings (SSSR count). The van der Waals surface area contributed by atoms with E-state index in [4.69, 9.17) is 0 Å². The molecule has 2 aromatic rings. The van der Waals surface area contributed by atoms with Crippen LogP contribution in [0.1, 0.15) is 23.5 Å². The Labute approximate surface area is 141 Å². The van der Waals surface area contributed by atoms with E-state index in [1.807, 2.05) is 0 Å². The van der Waals surface area contributed by atoms with Crippen molar-refractivity contribution in [1.29, 1.82) is 0 Å². The number of carbonyl (C=O) groups is 1. The molecule has 0 radical (unpaired) electrons. The maximum absolute atomic E-state index is 14.1. The highest BCUT2D eigenvalue weighted by Gasteiger charge is 2.33. The maximum Gasteiger partial charge on any atom is 0.416 e. The van der Waals surface area contributed by atoms with E-state index in [0.717, 1.165) is 12.1 Å². The molecule has 2 amide bonds. The summed E-state index contributed by atoms with van der Waals surface area (Å²) < 4.78 is 53.5. The summed E-state index contributed by atoms with van der Waals surface area (Å²) in [5, 5.41) is 6.67. The SMILES string of the molecule is Cn1ccc(NC(=O)N2CCC(c3ccc(C(F)(F)F)cc3F)C2)n1. The predicted octanol–water partition coefficient (Wildman–Crippen LogP) is 3.60. The molecule has 25 heavy (non-hydrogen) atoms. The normalized spacial score (nSPS) is 17.8. The van der Waals surface area contributed by atoms with Crippen molar-refractivity contribution in [1.82, 2.24) is 14.7 Å². The van der Waals surface area contributed by atoms with Crippen molar-refractivity contribution in [2.24, 2.45) is 7.05 Å². The second kappa shape index (κ2) is 6.38. The molecule has 9 heteroatoms. The smallest absolute Gasteiger partial charge is 0.324 e. The Hall–Kier alpha value is -2.58. The summed E-state index contributed by atoms with van der Waals surface area (Å²) in [5.74, 6) is -0.833. The van der Waals surface area contributed by atoms with E-state index < -0.39 is 17.6 Å². The highest BCUT2D eigenvalue weighted by Crippen LogP contribution is 2.34. The van der Waals surface area contributed by atoms with Crippen LogP contribution in [0.4, 0.5) is 28.2 Å². The molecule has 1 aliphatic heterocycles. The summed E-state index contributed by atoms with van der Waals surface area (Å²) in [6, 6.07) is 3.80. The standard InChI is InChI=1S/C16H16F4N4O/c1-23-6-5-14(22-23)21-15(25)24-7-4-10(9-24)12-3-2-11(8-13(12)17)16(18,19)20/h2-3,5-6,8,10H,4,7,9H2,1H3,(H,21,22,25). The minimum atomic E-state index is -4.58. The third kappa shape index (κ3) is 3.75. The molecule has 1 unspecified atom stereocenters. The summed E-state index contributed by atoms with van der Waals surface area (Å²) in [4.78, 5) is 13.7. The van der Waals surface area contributed by atoms with E-state index in [-0.39, 0.29) is 24.1 Å². The van der Waals surface area contributed by atoms with E-state index in [9.17, 15) is 22.4 Å². The lowest BCUT2D eigenvalue weighted by atomic mass is 9.96. The van der Waals surface area contributed by atoms with Crippen LogP contribution < -0.4 is 5.32 Å². The minimum absolute atomic E-state index is 0.195. The van der Waals surface area contributed by atoms with Gasteiger partial charge in [-0.25, -0.2) is 9.18 Å². The Bertz CT molecular complexity index is 787. The van der Waals surface area contributed by atoms with Crippen LogP contribution in [0, 0.1) is 5.82 Å². The number of amides is 2. The first-order valence-electron chi connectivity index (χ1n) is 7.66. The van der Waals surface area contributed by atoms with Gasteiger partial charge in [-0.15, -0.1) is 0 Å². The molecule has 2 heterocycles. The zero-order chi connectivity index (χ0) is 18.2. The molecule has 5 nitrogen and oxygen atoms in total. The molecule has 1 saturated heterocycles. The number of aryl methyl sites for hydroxylation is 1. The monoisotopic (exact) mass is 356 g/mol. The molecular formula is C16H16F4N4O. The van der Waals surface area contributed by atoms with Gasteiger partial charge >= 0.3 is 12.2 Å². The second-order valence-corrected chi connectivity index (χ2v) is 5.97. The molecule has 0 bridgehead atoms. The molecule has 1 atom stereocenters. The van der Waals surface area contributed by atoms with Crippen molar-refractivity contribution >= 4 is 11.8 Å². The average molecular weight is 356 g/mol. The van der Waals surface area contributed by atoms with E-state index in [1.54, 1.807) is 24.0 Å². The van der Waals surface area contributed by atoms with Crippen LogP contribution in [-0.4, -0.2) is 33.8 Å². The van der Waals surface area contributed by atoms with Gasteiger partial charge in [0.15, 0.2) is 5.82 Å². The van der Waals surface area contributed by atoms with E-state index in [1.165, 1.54) is 4.90 Å². The molecule has 1 aliphatic rings. The van der Waals surface area contributed by atoms with Gasteiger partial charge in [-0.3, -0.25) is 10.00 Å². The number of rotatable bonds is 2. The number of aromatic nitrogens is 2. The van der Waals surface area contributed by atoms with Crippen molar-refractivity contribution < 1.29 is 22.4 Å². The van der Waals surface area contributed by atoms with Crippen LogP contribution in [0.25, 0.3) is 0 Å². The van der Waals surface area contributed by atoms with Crippen molar-refractivity contribution in [2.75, 3.05) is 18.4 Å². The average Bonchev–Trinajstić information content (AvgIpc) is 3.15. The van der Waals surface area contributed by atoms with Crippen LogP contribution in [-0.2, 0) is 13.2 Å². The number of nitrogens with one attached hydrogen (secondary N) is 1. The number of anilines is 1. The number of benzene rings is 1. The van der Waals surface area contributed by atoms with Crippen LogP contribution in [0.3, 0.4) is 0 Å². The molecule has 0 spiro atoms. The van der Waals surface area contributed by atoms with Gasteiger partial charge in [0.1, 0.15) is 5.82 Å². The van der Waals surface area contributed by atoms with Crippen LogP contribution >= 0.6 is 0 Å². The predicted molar refractivity (Wildman–Crippen MR) is 82.6 cm³/mol. The Morgan fingerprint density at radius 1 is 1.32 bits per heavy atom. The van der Waals surface area contributed by atoms with Gasteiger partial charge in [0.05, 0.1) is 5.56 Å². The number of urea groups is 1. The minimum Gasteiger partial charge on any atom is -0.324 e. The molecule has 1 aromatic carbocycles. The topological polar surface area (TPSA) is 50.2 Å². The molecule has 1 aromatic heterocycles. The Kier molecular flexibility index (Phi) is 4.40. The zero-order valence-electron chi connectivity index (χ0n) is 13.3. The van der Waals surface area contributed by atoms with Gasteiger partial charge in [0, 0.05) is 38.3 Å². The van der Waals surface area contributed by atoms with Crippen molar-refractivity contribution in [3.05, 3.63) is 47.4 Å². The lowest BCUT2D eigenvalue weighted by Crippen LogP contribution is -2.33. The first-order valence-corrected chi connectivity index (χ1v) is 7.66. The summed E-state index contributed by atoms with van der Waals surface area (Å²) in [6.45, 7) is 0.630. The lowest BCUT2D eigenvalue weighted by Gasteiger charge is -2.17. The molecule has 0 saturated carbocycles. The Balaban J connectivity index is 1.67. The number of alkyl halides is 3. The summed E-state index contributed by atoms with van der Waals surface area (Å²) in [6.07, 6.45) is -2.42. The first kappa shape index (κ1) is 17.2. The molecule has 0 aliphatic carbocycles. The highest BCUT2D eigenvalue weighted by atomic mass is 19.4. The number of nitrogens with zero attached hydrogens (tertiary/aromatic N) is 3. The fourth-order valence-electron chi connectivity index (χ4n) is 2.90. The van der Waals surface area contributed by atoms with Gasteiger partial charge < -0.3 is 4.90 Å². The van der Waals surface area contributed by atoms with Gasteiger partial charge in [-0.1, -0.05) is 6.07 Å². The van der Waals surface area contributed by atoms with Gasteiger partial charge in [0.25, 0.3) is 0 Å². The second-order valence-electron chi connectivity index (χ2n) is 5.97. The number of likely N-dealkylation sites (tertiary alicyclic amines) is 1. The van der Waals surface area contributed by atoms with Crippen molar-refractivity contribution in [2.45, 2.75) is 18.5 Å². The van der Waals surface area contributed by atoms with Gasteiger partial charge in [0.2, 0.25) is 0 Å². The van der Waals surface area contributed by atoms with E-state index in [2.05, 4.69) is 10.4 Å². The van der Waals surface area contributed by atoms with Crippen molar-refractivity contribution in [3.8, 4) is 0 Å². The fraction of sp³-hybridized carbons (Fsp3) is 0.375. The summed E-state index contributed by atoms with van der Waals surface area (Å²) in [7, 11) is 1.72. The summed E-state index contributed by atoms with van der Waals surface area (Å²) >= 11 is 0. The quantitative estimate of drug-likeness (QED) is 0.836. The zero-order valence-corrected chi connectivity index (χ0v) is 13.3. The van der Waals surface area contributed by atoms with Crippen LogP contribution in [0.15, 0.2) is 30.5 Å². The summed E-state index contributed by atoms with van der Waals surface area (Å²) in [5.41, 5.74) is -0.822. The fourth-order valence-corrected chi connectivity index (χ4v) is 2.90. The molecule has 1 fully saturated rings. The van der Waals surface area contributed by atoms with E-state index in [0.29, 0.717) is 24.8 Å². The number of hydrogen-bond acceptors (Lipinski definition) is 2. The molecule has 1 N–H and O–H groups in total.